The molecular formula is C32H35F3N4O7S. The summed E-state index contributed by atoms with van der Waals surface area (Å²) in [4.78, 5) is 15.8. The molecule has 0 aliphatic carbocycles. The highest BCUT2D eigenvalue weighted by Gasteiger charge is 2.38. The summed E-state index contributed by atoms with van der Waals surface area (Å²) in [5, 5.41) is 8.70. The topological polar surface area (TPSA) is 125 Å². The second-order valence-corrected chi connectivity index (χ2v) is 12.4. The van der Waals surface area contributed by atoms with Gasteiger partial charge in [0.05, 0.1) is 36.9 Å². The average molecular weight is 677 g/mol. The van der Waals surface area contributed by atoms with E-state index in [0.717, 1.165) is 40.5 Å². The number of aliphatic carboxylic acids is 1. The second-order valence-electron chi connectivity index (χ2n) is 10.6. The van der Waals surface area contributed by atoms with E-state index in [1.165, 1.54) is 3.97 Å². The molecule has 0 fully saturated rings. The molecule has 0 saturated carbocycles. The molecule has 1 N–H and O–H groups in total. The maximum absolute atomic E-state index is 14.1. The number of methoxy groups -OCH3 is 3. The monoisotopic (exact) mass is 676 g/mol. The lowest BCUT2D eigenvalue weighted by Gasteiger charge is -2.17. The molecule has 11 nitrogen and oxygen atoms in total. The van der Waals surface area contributed by atoms with E-state index in [9.17, 15) is 21.6 Å². The number of alkyl halides is 3. The predicted molar refractivity (Wildman–Crippen MR) is 171 cm³/mol. The molecule has 252 valence electrons. The molecule has 0 bridgehead atoms. The van der Waals surface area contributed by atoms with Crippen LogP contribution in [0.2, 0.25) is 0 Å². The first-order chi connectivity index (χ1) is 22.2. The predicted octanol–water partition coefficient (Wildman–Crippen LogP) is 5.43. The van der Waals surface area contributed by atoms with Gasteiger partial charge in [-0.2, -0.15) is 13.2 Å². The van der Waals surface area contributed by atoms with Crippen molar-refractivity contribution >= 4 is 37.9 Å². The fourth-order valence-electron chi connectivity index (χ4n) is 4.90. The highest BCUT2D eigenvalue weighted by Crippen LogP contribution is 2.41. The van der Waals surface area contributed by atoms with E-state index in [1.807, 2.05) is 50.5 Å². The quantitative estimate of drug-likeness (QED) is 0.195. The van der Waals surface area contributed by atoms with Crippen LogP contribution in [-0.4, -0.2) is 92.2 Å². The minimum absolute atomic E-state index is 0.199. The standard InChI is InChI=1S/C30H34N4O5S.C2HF3O2/c1-21-8-10-23(11-9-21)40(35,36)34-27(17-22-7-6-12-31-30(22)34)25-20-33(14-13-32(2)15-16-37-3)26-19-29(39-5)28(38-4)18-24(25)26;3-2(4,5)1(6)7/h6-12,17-20H,13-16H2,1-5H3;(H,6,7). The zero-order valence-corrected chi connectivity index (χ0v) is 27.2. The molecule has 15 heteroatoms. The molecule has 0 unspecified atom stereocenters. The summed E-state index contributed by atoms with van der Waals surface area (Å²) in [6, 6.07) is 16.3. The summed E-state index contributed by atoms with van der Waals surface area (Å²) in [6.07, 6.45) is -1.47. The Kier molecular flexibility index (Phi) is 10.8. The molecule has 0 amide bonds. The largest absolute Gasteiger partial charge is 0.493 e. The van der Waals surface area contributed by atoms with Crippen LogP contribution in [0.5, 0.6) is 11.5 Å². The summed E-state index contributed by atoms with van der Waals surface area (Å²) >= 11 is 0. The Morgan fingerprint density at radius 2 is 1.64 bits per heavy atom. The van der Waals surface area contributed by atoms with Crippen LogP contribution in [0.3, 0.4) is 0 Å². The van der Waals surface area contributed by atoms with Gasteiger partial charge >= 0.3 is 12.1 Å². The van der Waals surface area contributed by atoms with Crippen LogP contribution in [0, 0.1) is 6.92 Å². The molecule has 47 heavy (non-hydrogen) atoms. The molecule has 0 spiro atoms. The van der Waals surface area contributed by atoms with Gasteiger partial charge in [0.2, 0.25) is 0 Å². The normalized spacial score (nSPS) is 11.9. The Hall–Kier alpha value is -4.60. The number of likely N-dealkylation sites (N-methyl/N-ethyl adjacent to an activating group) is 1. The number of aryl methyl sites for hydroxylation is 1. The summed E-state index contributed by atoms with van der Waals surface area (Å²) in [5.41, 5.74) is 3.54. The van der Waals surface area contributed by atoms with Crippen molar-refractivity contribution < 1.29 is 45.7 Å². The smallest absolute Gasteiger partial charge is 0.490 e. The number of carboxylic acid groups (broad SMARTS) is 1. The van der Waals surface area contributed by atoms with E-state index in [-0.39, 0.29) is 4.90 Å². The van der Waals surface area contributed by atoms with Gasteiger partial charge in [0.15, 0.2) is 17.1 Å². The third-order valence-electron chi connectivity index (χ3n) is 7.38. The molecule has 0 radical (unpaired) electrons. The lowest BCUT2D eigenvalue weighted by Crippen LogP contribution is -2.26. The van der Waals surface area contributed by atoms with Crippen molar-refractivity contribution in [2.75, 3.05) is 48.1 Å². The number of benzene rings is 2. The van der Waals surface area contributed by atoms with E-state index in [1.54, 1.807) is 51.8 Å². The van der Waals surface area contributed by atoms with Gasteiger partial charge in [0.25, 0.3) is 10.0 Å². The van der Waals surface area contributed by atoms with E-state index in [4.69, 9.17) is 24.1 Å². The number of hydrogen-bond acceptors (Lipinski definition) is 8. The summed E-state index contributed by atoms with van der Waals surface area (Å²) < 4.78 is 80.0. The van der Waals surface area contributed by atoms with Crippen LogP contribution >= 0.6 is 0 Å². The molecule has 2 aromatic carbocycles. The number of carboxylic acids is 1. The number of pyridine rings is 1. The van der Waals surface area contributed by atoms with E-state index in [0.29, 0.717) is 36.0 Å². The maximum atomic E-state index is 14.1. The fraction of sp³-hybridized carbons (Fsp3) is 0.312. The zero-order chi connectivity index (χ0) is 34.5. The van der Waals surface area contributed by atoms with Gasteiger partial charge in [-0.25, -0.2) is 22.2 Å². The zero-order valence-electron chi connectivity index (χ0n) is 26.4. The van der Waals surface area contributed by atoms with Gasteiger partial charge in [-0.3, -0.25) is 0 Å². The van der Waals surface area contributed by atoms with Crippen molar-refractivity contribution in [1.82, 2.24) is 18.4 Å². The molecule has 0 aliphatic heterocycles. The van der Waals surface area contributed by atoms with Gasteiger partial charge in [0, 0.05) is 61.5 Å². The summed E-state index contributed by atoms with van der Waals surface area (Å²) in [6.45, 7) is 4.82. The third kappa shape index (κ3) is 7.69. The fourth-order valence-corrected chi connectivity index (χ4v) is 6.38. The van der Waals surface area contributed by atoms with Crippen LogP contribution in [0.4, 0.5) is 13.2 Å². The van der Waals surface area contributed by atoms with Crippen LogP contribution in [-0.2, 0) is 26.1 Å². The highest BCUT2D eigenvalue weighted by molar-refractivity contribution is 7.90. The highest BCUT2D eigenvalue weighted by atomic mass is 32.2. The lowest BCUT2D eigenvalue weighted by atomic mass is 10.1. The van der Waals surface area contributed by atoms with Gasteiger partial charge in [-0.05, 0) is 50.4 Å². The van der Waals surface area contributed by atoms with Crippen LogP contribution in [0.25, 0.3) is 33.2 Å². The van der Waals surface area contributed by atoms with Crippen LogP contribution < -0.4 is 9.47 Å². The number of rotatable bonds is 11. The van der Waals surface area contributed by atoms with E-state index < -0.39 is 22.2 Å². The molecular weight excluding hydrogens is 641 g/mol. The van der Waals surface area contributed by atoms with Gasteiger partial charge in [0.1, 0.15) is 0 Å². The number of ether oxygens (including phenoxy) is 3. The molecule has 0 atom stereocenters. The van der Waals surface area contributed by atoms with E-state index in [2.05, 4.69) is 14.5 Å². The first-order valence-electron chi connectivity index (χ1n) is 14.2. The number of aromatic nitrogens is 3. The molecule has 5 rings (SSSR count). The van der Waals surface area contributed by atoms with Crippen LogP contribution in [0.15, 0.2) is 71.9 Å². The Labute approximate surface area is 269 Å². The Bertz CT molecular complexity index is 1970. The summed E-state index contributed by atoms with van der Waals surface area (Å²) in [7, 11) is 2.96. The Balaban J connectivity index is 0.000000644. The molecule has 3 heterocycles. The number of carbonyl (C=O) groups is 1. The van der Waals surface area contributed by atoms with Crippen molar-refractivity contribution in [3.05, 3.63) is 72.6 Å². The Morgan fingerprint density at radius 3 is 2.23 bits per heavy atom. The van der Waals surface area contributed by atoms with Crippen molar-refractivity contribution in [2.24, 2.45) is 0 Å². The van der Waals surface area contributed by atoms with Gasteiger partial charge in [-0.1, -0.05) is 17.7 Å². The molecule has 0 saturated heterocycles. The SMILES string of the molecule is COCCN(C)CCn1cc(-c2cc3cccnc3n2S(=O)(=O)c2ccc(C)cc2)c2cc(OC)c(OC)cc21.O=C(O)C(F)(F)F. The van der Waals surface area contributed by atoms with Crippen molar-refractivity contribution in [1.29, 1.82) is 0 Å². The van der Waals surface area contributed by atoms with Gasteiger partial charge in [-0.15, -0.1) is 0 Å². The number of halogens is 3. The van der Waals surface area contributed by atoms with Gasteiger partial charge < -0.3 is 28.8 Å². The molecule has 0 aliphatic rings. The minimum Gasteiger partial charge on any atom is -0.493 e. The number of nitrogens with zero attached hydrogens (tertiary/aromatic N) is 4. The van der Waals surface area contributed by atoms with Crippen molar-refractivity contribution in [2.45, 2.75) is 24.5 Å². The third-order valence-corrected chi connectivity index (χ3v) is 9.10. The Morgan fingerprint density at radius 1 is 1.00 bits per heavy atom. The average Bonchev–Trinajstić information content (AvgIpc) is 3.60. The number of fused-ring (bicyclic) bond motifs is 2. The first kappa shape index (κ1) is 35.3. The first-order valence-corrected chi connectivity index (χ1v) is 15.7. The summed E-state index contributed by atoms with van der Waals surface area (Å²) in [5.74, 6) is -1.59. The minimum atomic E-state index is -5.08. The maximum Gasteiger partial charge on any atom is 0.490 e. The van der Waals surface area contributed by atoms with E-state index >= 15 is 0 Å². The molecule has 5 aromatic rings. The van der Waals surface area contributed by atoms with Crippen molar-refractivity contribution in [3.8, 4) is 22.8 Å². The second kappa shape index (κ2) is 14.4. The number of hydrogen-bond donors (Lipinski definition) is 1. The van der Waals surface area contributed by atoms with Crippen LogP contribution in [0.1, 0.15) is 5.56 Å². The van der Waals surface area contributed by atoms with Crippen molar-refractivity contribution in [3.63, 3.8) is 0 Å². The lowest BCUT2D eigenvalue weighted by molar-refractivity contribution is -0.192. The molecule has 3 aromatic heterocycles.